The largest absolute Gasteiger partial charge is 0.494 e. The molecule has 0 aliphatic rings. The van der Waals surface area contributed by atoms with Gasteiger partial charge in [-0.3, -0.25) is 0 Å². The quantitative estimate of drug-likeness (QED) is 0.527. The predicted molar refractivity (Wildman–Crippen MR) is 116 cm³/mol. The zero-order chi connectivity index (χ0) is 20.5. The SMILES string of the molecule is CCOc1ccc(Cc2cc(C(OC(CC)CO)C(C)CC)ccc2C)cc1. The maximum absolute atomic E-state index is 9.60. The monoisotopic (exact) mass is 384 g/mol. The Morgan fingerprint density at radius 3 is 2.25 bits per heavy atom. The molecule has 3 nitrogen and oxygen atoms in total. The topological polar surface area (TPSA) is 38.7 Å². The van der Waals surface area contributed by atoms with Crippen molar-refractivity contribution in [1.82, 2.24) is 0 Å². The van der Waals surface area contributed by atoms with Crippen LogP contribution in [-0.4, -0.2) is 24.4 Å². The van der Waals surface area contributed by atoms with Crippen molar-refractivity contribution in [3.8, 4) is 5.75 Å². The lowest BCUT2D eigenvalue weighted by Gasteiger charge is -2.28. The molecule has 0 aliphatic heterocycles. The van der Waals surface area contributed by atoms with E-state index in [1.807, 2.05) is 19.1 Å². The fraction of sp³-hybridized carbons (Fsp3) is 0.520. The summed E-state index contributed by atoms with van der Waals surface area (Å²) in [6, 6.07) is 15.0. The van der Waals surface area contributed by atoms with Gasteiger partial charge in [0, 0.05) is 0 Å². The molecule has 0 fully saturated rings. The maximum atomic E-state index is 9.60. The minimum Gasteiger partial charge on any atom is -0.494 e. The Morgan fingerprint density at radius 1 is 0.964 bits per heavy atom. The van der Waals surface area contributed by atoms with Gasteiger partial charge >= 0.3 is 0 Å². The van der Waals surface area contributed by atoms with Crippen molar-refractivity contribution in [2.24, 2.45) is 5.92 Å². The summed E-state index contributed by atoms with van der Waals surface area (Å²) >= 11 is 0. The molecular formula is C25H36O3. The van der Waals surface area contributed by atoms with Gasteiger partial charge in [0.1, 0.15) is 5.75 Å². The third-order valence-electron chi connectivity index (χ3n) is 5.49. The van der Waals surface area contributed by atoms with Crippen LogP contribution in [0.3, 0.4) is 0 Å². The van der Waals surface area contributed by atoms with Crippen LogP contribution in [0.25, 0.3) is 0 Å². The van der Waals surface area contributed by atoms with Gasteiger partial charge in [-0.2, -0.15) is 0 Å². The first-order chi connectivity index (χ1) is 13.5. The van der Waals surface area contributed by atoms with E-state index in [-0.39, 0.29) is 18.8 Å². The van der Waals surface area contributed by atoms with Crippen LogP contribution < -0.4 is 4.74 Å². The molecule has 0 aliphatic carbocycles. The van der Waals surface area contributed by atoms with Gasteiger partial charge in [0.15, 0.2) is 0 Å². The lowest BCUT2D eigenvalue weighted by atomic mass is 9.90. The molecule has 154 valence electrons. The van der Waals surface area contributed by atoms with Crippen LogP contribution in [0.1, 0.15) is 68.9 Å². The Balaban J connectivity index is 2.25. The van der Waals surface area contributed by atoms with Gasteiger partial charge < -0.3 is 14.6 Å². The predicted octanol–water partition coefficient (Wildman–Crippen LogP) is 5.86. The Morgan fingerprint density at radius 2 is 1.68 bits per heavy atom. The summed E-state index contributed by atoms with van der Waals surface area (Å²) in [5, 5.41) is 9.60. The van der Waals surface area contributed by atoms with Crippen LogP contribution in [0.2, 0.25) is 0 Å². The molecule has 0 heterocycles. The summed E-state index contributed by atoms with van der Waals surface area (Å²) in [5.41, 5.74) is 5.07. The number of benzene rings is 2. The fourth-order valence-corrected chi connectivity index (χ4v) is 3.38. The molecule has 0 radical (unpaired) electrons. The van der Waals surface area contributed by atoms with E-state index in [4.69, 9.17) is 9.47 Å². The highest BCUT2D eigenvalue weighted by Crippen LogP contribution is 2.32. The van der Waals surface area contributed by atoms with Crippen LogP contribution in [0, 0.1) is 12.8 Å². The highest BCUT2D eigenvalue weighted by molar-refractivity contribution is 5.38. The summed E-state index contributed by atoms with van der Waals surface area (Å²) in [4.78, 5) is 0. The highest BCUT2D eigenvalue weighted by Gasteiger charge is 2.23. The van der Waals surface area contributed by atoms with E-state index < -0.39 is 0 Å². The zero-order valence-electron chi connectivity index (χ0n) is 18.1. The van der Waals surface area contributed by atoms with E-state index >= 15 is 0 Å². The first-order valence-electron chi connectivity index (χ1n) is 10.6. The van der Waals surface area contributed by atoms with Crippen LogP contribution in [-0.2, 0) is 11.2 Å². The Labute approximate surface area is 170 Å². The Hall–Kier alpha value is -1.84. The van der Waals surface area contributed by atoms with Crippen molar-refractivity contribution in [2.75, 3.05) is 13.2 Å². The zero-order valence-corrected chi connectivity index (χ0v) is 18.1. The third kappa shape index (κ3) is 6.08. The van der Waals surface area contributed by atoms with Crippen molar-refractivity contribution < 1.29 is 14.6 Å². The van der Waals surface area contributed by atoms with E-state index in [0.29, 0.717) is 12.5 Å². The fourth-order valence-electron chi connectivity index (χ4n) is 3.38. The molecule has 3 atom stereocenters. The van der Waals surface area contributed by atoms with Gasteiger partial charge in [0.05, 0.1) is 25.4 Å². The van der Waals surface area contributed by atoms with Crippen molar-refractivity contribution >= 4 is 0 Å². The Bertz CT molecular complexity index is 704. The van der Waals surface area contributed by atoms with E-state index in [9.17, 15) is 5.11 Å². The summed E-state index contributed by atoms with van der Waals surface area (Å²) in [5.74, 6) is 1.30. The molecule has 2 rings (SSSR count). The number of aryl methyl sites for hydroxylation is 1. The number of hydrogen-bond acceptors (Lipinski definition) is 3. The molecule has 28 heavy (non-hydrogen) atoms. The maximum Gasteiger partial charge on any atom is 0.119 e. The van der Waals surface area contributed by atoms with Crippen molar-refractivity contribution in [2.45, 2.75) is 66.1 Å². The van der Waals surface area contributed by atoms with E-state index in [1.165, 1.54) is 22.3 Å². The number of hydrogen-bond donors (Lipinski definition) is 1. The molecule has 0 saturated carbocycles. The summed E-state index contributed by atoms with van der Waals surface area (Å²) in [6.07, 6.45) is 2.62. The minimum absolute atomic E-state index is 0.00165. The van der Waals surface area contributed by atoms with Crippen LogP contribution in [0.5, 0.6) is 5.75 Å². The number of aliphatic hydroxyl groups is 1. The molecule has 2 aromatic rings. The van der Waals surface area contributed by atoms with E-state index in [0.717, 1.165) is 25.0 Å². The van der Waals surface area contributed by atoms with Gasteiger partial charge in [0.25, 0.3) is 0 Å². The second-order valence-electron chi connectivity index (χ2n) is 7.59. The molecule has 1 N–H and O–H groups in total. The molecule has 3 heteroatoms. The van der Waals surface area contributed by atoms with Gasteiger partial charge in [-0.15, -0.1) is 0 Å². The van der Waals surface area contributed by atoms with Gasteiger partial charge in [-0.25, -0.2) is 0 Å². The molecule has 0 spiro atoms. The van der Waals surface area contributed by atoms with Gasteiger partial charge in [0.2, 0.25) is 0 Å². The second kappa shape index (κ2) is 11.2. The smallest absolute Gasteiger partial charge is 0.119 e. The lowest BCUT2D eigenvalue weighted by Crippen LogP contribution is -2.24. The summed E-state index contributed by atoms with van der Waals surface area (Å²) in [7, 11) is 0. The van der Waals surface area contributed by atoms with Crippen molar-refractivity contribution in [3.05, 3.63) is 64.7 Å². The lowest BCUT2D eigenvalue weighted by molar-refractivity contribution is -0.0653. The van der Waals surface area contributed by atoms with Crippen LogP contribution >= 0.6 is 0 Å². The minimum atomic E-state index is -0.116. The second-order valence-corrected chi connectivity index (χ2v) is 7.59. The molecule has 2 aromatic carbocycles. The highest BCUT2D eigenvalue weighted by atomic mass is 16.5. The number of ether oxygens (including phenoxy) is 2. The third-order valence-corrected chi connectivity index (χ3v) is 5.49. The van der Waals surface area contributed by atoms with Gasteiger partial charge in [-0.05, 0) is 67.0 Å². The first-order valence-corrected chi connectivity index (χ1v) is 10.6. The van der Waals surface area contributed by atoms with Crippen LogP contribution in [0.4, 0.5) is 0 Å². The van der Waals surface area contributed by atoms with Gasteiger partial charge in [-0.1, -0.05) is 57.5 Å². The molecule has 0 amide bonds. The van der Waals surface area contributed by atoms with E-state index in [2.05, 4.69) is 58.0 Å². The summed E-state index contributed by atoms with van der Waals surface area (Å²) < 4.78 is 11.9. The number of rotatable bonds is 11. The number of aliphatic hydroxyl groups excluding tert-OH is 1. The molecule has 0 saturated heterocycles. The van der Waals surface area contributed by atoms with Crippen LogP contribution in [0.15, 0.2) is 42.5 Å². The molecule has 0 bridgehead atoms. The first kappa shape index (κ1) is 22.4. The Kier molecular flexibility index (Phi) is 9.01. The average molecular weight is 385 g/mol. The summed E-state index contributed by atoms with van der Waals surface area (Å²) in [6.45, 7) is 11.4. The van der Waals surface area contributed by atoms with Crippen molar-refractivity contribution in [1.29, 1.82) is 0 Å². The molecular weight excluding hydrogens is 348 g/mol. The van der Waals surface area contributed by atoms with E-state index in [1.54, 1.807) is 0 Å². The molecule has 0 aromatic heterocycles. The molecule has 3 unspecified atom stereocenters. The van der Waals surface area contributed by atoms with Crippen molar-refractivity contribution in [3.63, 3.8) is 0 Å². The average Bonchev–Trinajstić information content (AvgIpc) is 2.72. The normalized spacial score (nSPS) is 14.5. The standard InChI is InChI=1S/C25H36O3/c1-6-18(4)25(28-23(7-2)17-26)21-12-9-19(5)22(16-21)15-20-10-13-24(14-11-20)27-8-3/h9-14,16,18,23,25-26H,6-8,15,17H2,1-5H3.